The van der Waals surface area contributed by atoms with Crippen molar-refractivity contribution < 1.29 is 9.21 Å². The minimum absolute atomic E-state index is 0.0363. The highest BCUT2D eigenvalue weighted by Gasteiger charge is 2.43. The average Bonchev–Trinajstić information content (AvgIpc) is 3.20. The lowest BCUT2D eigenvalue weighted by Crippen LogP contribution is -2.47. The predicted molar refractivity (Wildman–Crippen MR) is 85.9 cm³/mol. The highest BCUT2D eigenvalue weighted by molar-refractivity contribution is 7.09. The molecular formula is C15H21N5O2S. The van der Waals surface area contributed by atoms with E-state index in [1.165, 1.54) is 0 Å². The molecule has 0 bridgehead atoms. The number of likely N-dealkylation sites (tertiary alicyclic amines) is 1. The Kier molecular flexibility index (Phi) is 4.45. The number of aromatic nitrogens is 3. The van der Waals surface area contributed by atoms with Crippen LogP contribution < -0.4 is 5.32 Å². The molecule has 1 atom stereocenters. The molecule has 1 amide bonds. The van der Waals surface area contributed by atoms with Crippen LogP contribution in [0.25, 0.3) is 0 Å². The number of carbonyl (C=O) groups excluding carboxylic acids is 1. The van der Waals surface area contributed by atoms with Crippen LogP contribution in [0.3, 0.4) is 0 Å². The Balaban J connectivity index is 1.76. The van der Waals surface area contributed by atoms with Crippen LogP contribution in [0.2, 0.25) is 0 Å². The molecule has 2 aromatic rings. The van der Waals surface area contributed by atoms with Gasteiger partial charge in [-0.3, -0.25) is 9.69 Å². The van der Waals surface area contributed by atoms with E-state index in [1.54, 1.807) is 18.3 Å². The van der Waals surface area contributed by atoms with E-state index in [2.05, 4.69) is 25.4 Å². The molecule has 0 spiro atoms. The van der Waals surface area contributed by atoms with E-state index in [1.807, 2.05) is 19.2 Å². The first-order valence-corrected chi connectivity index (χ1v) is 8.63. The van der Waals surface area contributed by atoms with E-state index in [0.29, 0.717) is 24.9 Å². The van der Waals surface area contributed by atoms with Crippen LogP contribution >= 0.6 is 11.3 Å². The van der Waals surface area contributed by atoms with Crippen LogP contribution in [-0.4, -0.2) is 39.1 Å². The van der Waals surface area contributed by atoms with Crippen molar-refractivity contribution in [2.75, 3.05) is 13.1 Å². The molecule has 1 aliphatic rings. The number of hydrogen-bond acceptors (Lipinski definition) is 7. The van der Waals surface area contributed by atoms with Crippen molar-refractivity contribution in [1.29, 1.82) is 0 Å². The summed E-state index contributed by atoms with van der Waals surface area (Å²) in [5.41, 5.74) is 0.566. The first-order valence-electron chi connectivity index (χ1n) is 7.76. The number of hydrogen-bond donors (Lipinski definition) is 1. The molecule has 0 saturated carbocycles. The molecule has 1 aliphatic heterocycles. The van der Waals surface area contributed by atoms with Crippen molar-refractivity contribution in [2.24, 2.45) is 0 Å². The third-order valence-corrected chi connectivity index (χ3v) is 5.13. The predicted octanol–water partition coefficient (Wildman–Crippen LogP) is 1.63. The van der Waals surface area contributed by atoms with E-state index in [4.69, 9.17) is 4.42 Å². The highest BCUT2D eigenvalue weighted by Crippen LogP contribution is 2.34. The fourth-order valence-corrected chi connectivity index (χ4v) is 3.93. The monoisotopic (exact) mass is 335 g/mol. The largest absolute Gasteiger partial charge is 0.424 e. The molecule has 1 fully saturated rings. The minimum Gasteiger partial charge on any atom is -0.424 e. The lowest BCUT2D eigenvalue weighted by atomic mass is 9.99. The van der Waals surface area contributed by atoms with Crippen LogP contribution in [0.15, 0.2) is 9.80 Å². The number of amides is 1. The second-order valence-electron chi connectivity index (χ2n) is 5.96. The highest BCUT2D eigenvalue weighted by atomic mass is 32.1. The Morgan fingerprint density at radius 3 is 2.87 bits per heavy atom. The summed E-state index contributed by atoms with van der Waals surface area (Å²) in [6.45, 7) is 7.65. The normalized spacial score (nSPS) is 21.7. The van der Waals surface area contributed by atoms with Crippen molar-refractivity contribution in [2.45, 2.75) is 45.7 Å². The average molecular weight is 335 g/mol. The summed E-state index contributed by atoms with van der Waals surface area (Å²) in [5.74, 6) is 1.24. The molecule has 3 rings (SSSR count). The molecule has 124 valence electrons. The Labute approximate surface area is 139 Å². The first kappa shape index (κ1) is 16.1. The molecule has 23 heavy (non-hydrogen) atoms. The van der Waals surface area contributed by atoms with E-state index in [9.17, 15) is 4.79 Å². The van der Waals surface area contributed by atoms with Crippen molar-refractivity contribution >= 4 is 17.2 Å². The van der Waals surface area contributed by atoms with Crippen molar-refractivity contribution in [1.82, 2.24) is 25.4 Å². The summed E-state index contributed by atoms with van der Waals surface area (Å²) >= 11 is 1.60. The summed E-state index contributed by atoms with van der Waals surface area (Å²) in [5, 5.41) is 14.2. The van der Waals surface area contributed by atoms with E-state index >= 15 is 0 Å². The molecule has 2 aromatic heterocycles. The summed E-state index contributed by atoms with van der Waals surface area (Å²) in [6, 6.07) is 0. The lowest BCUT2D eigenvalue weighted by Gasteiger charge is -2.28. The Morgan fingerprint density at radius 2 is 2.26 bits per heavy atom. The van der Waals surface area contributed by atoms with Crippen molar-refractivity contribution in [3.8, 4) is 0 Å². The van der Waals surface area contributed by atoms with Crippen LogP contribution in [0.1, 0.15) is 42.8 Å². The molecule has 0 aromatic carbocycles. The van der Waals surface area contributed by atoms with Crippen LogP contribution in [0.4, 0.5) is 0 Å². The number of aryl methyl sites for hydroxylation is 2. The van der Waals surface area contributed by atoms with Gasteiger partial charge in [-0.25, -0.2) is 4.98 Å². The lowest BCUT2D eigenvalue weighted by molar-refractivity contribution is -0.120. The SMILES string of the molecule is CCc1nnc(CN2CCC(NC(C)=O)(c3nc(C)cs3)C2)o1. The molecule has 0 radical (unpaired) electrons. The summed E-state index contributed by atoms with van der Waals surface area (Å²) < 4.78 is 5.59. The van der Waals surface area contributed by atoms with Crippen LogP contribution in [0, 0.1) is 6.92 Å². The maximum Gasteiger partial charge on any atom is 0.230 e. The number of rotatable bonds is 5. The molecular weight excluding hydrogens is 314 g/mol. The zero-order valence-electron chi connectivity index (χ0n) is 13.6. The van der Waals surface area contributed by atoms with Gasteiger partial charge in [0, 0.05) is 37.5 Å². The third-order valence-electron chi connectivity index (χ3n) is 3.96. The van der Waals surface area contributed by atoms with E-state index < -0.39 is 5.54 Å². The van der Waals surface area contributed by atoms with E-state index in [-0.39, 0.29) is 5.91 Å². The molecule has 3 heterocycles. The van der Waals surface area contributed by atoms with E-state index in [0.717, 1.165) is 30.1 Å². The fraction of sp³-hybridized carbons (Fsp3) is 0.600. The maximum atomic E-state index is 11.7. The molecule has 7 nitrogen and oxygen atoms in total. The maximum absolute atomic E-state index is 11.7. The zero-order chi connectivity index (χ0) is 16.4. The minimum atomic E-state index is -0.418. The number of nitrogens with one attached hydrogen (secondary N) is 1. The van der Waals surface area contributed by atoms with Gasteiger partial charge in [-0.1, -0.05) is 6.92 Å². The summed E-state index contributed by atoms with van der Waals surface area (Å²) in [6.07, 6.45) is 1.57. The number of thiazole rings is 1. The number of carbonyl (C=O) groups is 1. The first-order chi connectivity index (χ1) is 11.0. The summed E-state index contributed by atoms with van der Waals surface area (Å²) in [4.78, 5) is 18.5. The molecule has 1 N–H and O–H groups in total. The Hall–Kier alpha value is -1.80. The molecule has 0 aliphatic carbocycles. The molecule has 1 unspecified atom stereocenters. The van der Waals surface area contributed by atoms with Crippen molar-refractivity contribution in [3.63, 3.8) is 0 Å². The van der Waals surface area contributed by atoms with Gasteiger partial charge in [-0.2, -0.15) is 0 Å². The van der Waals surface area contributed by atoms with Gasteiger partial charge in [0.15, 0.2) is 0 Å². The smallest absolute Gasteiger partial charge is 0.230 e. The van der Waals surface area contributed by atoms with Gasteiger partial charge in [-0.05, 0) is 13.3 Å². The molecule has 1 saturated heterocycles. The topological polar surface area (TPSA) is 84.2 Å². The third kappa shape index (κ3) is 3.42. The standard InChI is InChI=1S/C15H21N5O2S/c1-4-12-18-19-13(22-12)7-20-6-5-15(9-20,17-11(3)21)14-16-10(2)8-23-14/h8H,4-7,9H2,1-3H3,(H,17,21). The fourth-order valence-electron chi connectivity index (χ4n) is 2.95. The summed E-state index contributed by atoms with van der Waals surface area (Å²) in [7, 11) is 0. The van der Waals surface area contributed by atoms with Gasteiger partial charge >= 0.3 is 0 Å². The van der Waals surface area contributed by atoms with Crippen molar-refractivity contribution in [3.05, 3.63) is 27.9 Å². The number of nitrogens with zero attached hydrogens (tertiary/aromatic N) is 4. The second-order valence-corrected chi connectivity index (χ2v) is 6.82. The van der Waals surface area contributed by atoms with Gasteiger partial charge in [0.05, 0.1) is 6.54 Å². The Bertz CT molecular complexity index is 698. The van der Waals surface area contributed by atoms with Gasteiger partial charge in [0.2, 0.25) is 17.7 Å². The van der Waals surface area contributed by atoms with Gasteiger partial charge in [0.1, 0.15) is 10.5 Å². The quantitative estimate of drug-likeness (QED) is 0.894. The van der Waals surface area contributed by atoms with Gasteiger partial charge in [-0.15, -0.1) is 21.5 Å². The second kappa shape index (κ2) is 6.37. The van der Waals surface area contributed by atoms with Gasteiger partial charge < -0.3 is 9.73 Å². The van der Waals surface area contributed by atoms with Gasteiger partial charge in [0.25, 0.3) is 0 Å². The van der Waals surface area contributed by atoms with Crippen LogP contribution in [0.5, 0.6) is 0 Å². The molecule has 8 heteroatoms. The van der Waals surface area contributed by atoms with Crippen LogP contribution in [-0.2, 0) is 23.3 Å². The Morgan fingerprint density at radius 1 is 1.48 bits per heavy atom. The zero-order valence-corrected chi connectivity index (χ0v) is 14.4.